The van der Waals surface area contributed by atoms with Gasteiger partial charge in [0, 0.05) is 0 Å². The smallest absolute Gasteiger partial charge is 0.227 e. The minimum absolute atomic E-state index is 0.296. The Balaban J connectivity index is 2.51. The monoisotopic (exact) mass is 189 g/mol. The largest absolute Gasteiger partial charge is 0.369 e. The number of carbonyl (C=O) groups is 1. The second-order valence-corrected chi connectivity index (χ2v) is 3.90. The Hall–Kier alpha value is -0.620. The summed E-state index contributed by atoms with van der Waals surface area (Å²) in [7, 11) is 0. The average Bonchev–Trinajstić information content (AvgIpc) is 2.31. The second-order valence-electron chi connectivity index (χ2n) is 1.90. The van der Waals surface area contributed by atoms with Crippen LogP contribution in [0.5, 0.6) is 0 Å². The predicted molar refractivity (Wildman–Crippen MR) is 44.6 cm³/mol. The van der Waals surface area contributed by atoms with Crippen molar-refractivity contribution in [2.45, 2.75) is 11.1 Å². The predicted octanol–water partition coefficient (Wildman–Crippen LogP) is 0.424. The van der Waals surface area contributed by atoms with Gasteiger partial charge in [-0.1, -0.05) is 4.49 Å². The second kappa shape index (κ2) is 3.68. The van der Waals surface area contributed by atoms with Gasteiger partial charge in [-0.2, -0.15) is 0 Å². The summed E-state index contributed by atoms with van der Waals surface area (Å²) in [5.74, 6) is -0.0205. The Morgan fingerprint density at radius 3 is 3.00 bits per heavy atom. The van der Waals surface area contributed by atoms with E-state index in [1.165, 1.54) is 23.3 Å². The molecule has 1 rings (SSSR count). The molecule has 0 unspecified atom stereocenters. The summed E-state index contributed by atoms with van der Waals surface area (Å²) < 4.78 is 4.68. The third kappa shape index (κ3) is 2.47. The molecule has 0 aliphatic carbocycles. The molecule has 2 N–H and O–H groups in total. The third-order valence-electron chi connectivity index (χ3n) is 0.955. The van der Waals surface area contributed by atoms with Gasteiger partial charge < -0.3 is 5.73 Å². The molecule has 4 nitrogen and oxygen atoms in total. The summed E-state index contributed by atoms with van der Waals surface area (Å²) in [6.45, 7) is 1.85. The quantitative estimate of drug-likeness (QED) is 0.700. The summed E-state index contributed by atoms with van der Waals surface area (Å²) in [6, 6.07) is 0. The van der Waals surface area contributed by atoms with E-state index in [1.807, 2.05) is 6.92 Å². The number of rotatable bonds is 3. The topological polar surface area (TPSA) is 68.9 Å². The summed E-state index contributed by atoms with van der Waals surface area (Å²) >= 11 is 2.67. The van der Waals surface area contributed by atoms with Crippen LogP contribution in [0.15, 0.2) is 4.21 Å². The van der Waals surface area contributed by atoms with Crippen LogP contribution in [-0.4, -0.2) is 21.2 Å². The molecule has 6 heteroatoms. The maximum atomic E-state index is 10.4. The molecule has 1 amide bonds. The van der Waals surface area contributed by atoms with E-state index in [-0.39, 0.29) is 5.91 Å². The normalized spacial score (nSPS) is 9.91. The highest BCUT2D eigenvalue weighted by molar-refractivity contribution is 8.01. The molecule has 1 heterocycles. The zero-order chi connectivity index (χ0) is 8.27. The number of nitrogens with two attached hydrogens (primary N) is 1. The number of amides is 1. The maximum absolute atomic E-state index is 10.4. The van der Waals surface area contributed by atoms with Crippen molar-refractivity contribution >= 4 is 29.2 Å². The van der Waals surface area contributed by atoms with Crippen molar-refractivity contribution in [3.8, 4) is 0 Å². The molecule has 11 heavy (non-hydrogen) atoms. The molecule has 0 aliphatic heterocycles. The van der Waals surface area contributed by atoms with E-state index in [4.69, 9.17) is 5.73 Å². The van der Waals surface area contributed by atoms with Crippen LogP contribution in [0.3, 0.4) is 0 Å². The summed E-state index contributed by atoms with van der Waals surface area (Å²) in [5.41, 5.74) is 5.83. The first-order valence-corrected chi connectivity index (χ1v) is 4.66. The molecule has 0 fully saturated rings. The maximum Gasteiger partial charge on any atom is 0.227 e. The Morgan fingerprint density at radius 2 is 2.55 bits per heavy atom. The fourth-order valence-electron chi connectivity index (χ4n) is 0.493. The van der Waals surface area contributed by atoms with Crippen LogP contribution in [0.4, 0.5) is 0 Å². The fraction of sp³-hybridized carbons (Fsp3) is 0.400. The number of primary amides is 1. The van der Waals surface area contributed by atoms with Gasteiger partial charge >= 0.3 is 0 Å². The van der Waals surface area contributed by atoms with E-state index in [1.54, 1.807) is 0 Å². The molecule has 0 radical (unpaired) electrons. The highest BCUT2D eigenvalue weighted by Gasteiger charge is 2.04. The summed E-state index contributed by atoms with van der Waals surface area (Å²) in [4.78, 5) is 10.4. The average molecular weight is 189 g/mol. The van der Waals surface area contributed by atoms with Gasteiger partial charge in [0.1, 0.15) is 4.21 Å². The number of aryl methyl sites for hydroxylation is 1. The molecule has 0 saturated carbocycles. The zero-order valence-electron chi connectivity index (χ0n) is 5.90. The van der Waals surface area contributed by atoms with Crippen molar-refractivity contribution in [2.75, 3.05) is 5.75 Å². The van der Waals surface area contributed by atoms with E-state index >= 15 is 0 Å². The molecule has 60 valence electrons. The van der Waals surface area contributed by atoms with Crippen molar-refractivity contribution < 1.29 is 4.79 Å². The molecular formula is C5H7N3OS2. The molecule has 0 bridgehead atoms. The van der Waals surface area contributed by atoms with Crippen LogP contribution < -0.4 is 5.73 Å². The van der Waals surface area contributed by atoms with Gasteiger partial charge in [-0.15, -0.1) is 16.9 Å². The van der Waals surface area contributed by atoms with Crippen molar-refractivity contribution in [3.05, 3.63) is 5.69 Å². The molecule has 0 aliphatic rings. The van der Waals surface area contributed by atoms with Crippen LogP contribution in [-0.2, 0) is 4.79 Å². The SMILES string of the molecule is Cc1nnsc1SCC(N)=O. The summed E-state index contributed by atoms with van der Waals surface area (Å²) in [6.07, 6.45) is 0. The first kappa shape index (κ1) is 8.48. The number of aromatic nitrogens is 2. The number of hydrogen-bond donors (Lipinski definition) is 1. The Labute approximate surface area is 72.3 Å². The third-order valence-corrected chi connectivity index (χ3v) is 3.14. The Morgan fingerprint density at radius 1 is 1.82 bits per heavy atom. The van der Waals surface area contributed by atoms with E-state index in [0.717, 1.165) is 9.90 Å². The number of thioether (sulfide) groups is 1. The van der Waals surface area contributed by atoms with E-state index < -0.39 is 0 Å². The van der Waals surface area contributed by atoms with Gasteiger partial charge in [0.05, 0.1) is 11.4 Å². The Kier molecular flexibility index (Phi) is 2.84. The van der Waals surface area contributed by atoms with E-state index in [9.17, 15) is 4.79 Å². The lowest BCUT2D eigenvalue weighted by Crippen LogP contribution is -2.12. The minimum Gasteiger partial charge on any atom is -0.369 e. The van der Waals surface area contributed by atoms with Crippen molar-refractivity contribution in [3.63, 3.8) is 0 Å². The van der Waals surface area contributed by atoms with Gasteiger partial charge in [-0.05, 0) is 18.5 Å². The minimum atomic E-state index is -0.317. The highest BCUT2D eigenvalue weighted by atomic mass is 32.2. The number of hydrogen-bond acceptors (Lipinski definition) is 5. The van der Waals surface area contributed by atoms with Crippen LogP contribution in [0, 0.1) is 6.92 Å². The van der Waals surface area contributed by atoms with Crippen molar-refractivity contribution in [1.82, 2.24) is 9.59 Å². The van der Waals surface area contributed by atoms with Crippen molar-refractivity contribution in [2.24, 2.45) is 5.73 Å². The van der Waals surface area contributed by atoms with Gasteiger partial charge in [0.2, 0.25) is 5.91 Å². The zero-order valence-corrected chi connectivity index (χ0v) is 7.54. The number of carbonyl (C=O) groups excluding carboxylic acids is 1. The van der Waals surface area contributed by atoms with Crippen molar-refractivity contribution in [1.29, 1.82) is 0 Å². The van der Waals surface area contributed by atoms with Gasteiger partial charge in [0.25, 0.3) is 0 Å². The molecule has 0 aromatic carbocycles. The fourth-order valence-corrected chi connectivity index (χ4v) is 1.91. The summed E-state index contributed by atoms with van der Waals surface area (Å²) in [5, 5.41) is 3.79. The molecule has 0 saturated heterocycles. The first-order valence-electron chi connectivity index (χ1n) is 2.90. The van der Waals surface area contributed by atoms with E-state index in [0.29, 0.717) is 5.75 Å². The standard InChI is InChI=1S/C5H7N3OS2/c1-3-5(11-8-7-3)10-2-4(6)9/h2H2,1H3,(H2,6,9). The van der Waals surface area contributed by atoms with Crippen LogP contribution in [0.2, 0.25) is 0 Å². The molecule has 1 aromatic heterocycles. The lowest BCUT2D eigenvalue weighted by Gasteiger charge is -1.91. The van der Waals surface area contributed by atoms with Gasteiger partial charge in [0.15, 0.2) is 0 Å². The van der Waals surface area contributed by atoms with Crippen LogP contribution >= 0.6 is 23.3 Å². The highest BCUT2D eigenvalue weighted by Crippen LogP contribution is 2.23. The van der Waals surface area contributed by atoms with Gasteiger partial charge in [-0.3, -0.25) is 4.79 Å². The first-order chi connectivity index (χ1) is 5.20. The lowest BCUT2D eigenvalue weighted by atomic mass is 10.6. The lowest BCUT2D eigenvalue weighted by molar-refractivity contribution is -0.115. The Bertz CT molecular complexity index is 260. The van der Waals surface area contributed by atoms with Crippen LogP contribution in [0.25, 0.3) is 0 Å². The molecule has 1 aromatic rings. The number of nitrogens with zero attached hydrogens (tertiary/aromatic N) is 2. The molecule has 0 atom stereocenters. The van der Waals surface area contributed by atoms with Crippen LogP contribution in [0.1, 0.15) is 5.69 Å². The molecular weight excluding hydrogens is 182 g/mol. The van der Waals surface area contributed by atoms with E-state index in [2.05, 4.69) is 9.59 Å². The van der Waals surface area contributed by atoms with Gasteiger partial charge in [-0.25, -0.2) is 0 Å². The molecule has 0 spiro atoms.